The minimum Gasteiger partial charge on any atom is -0.375 e. The molecule has 5 heteroatoms. The van der Waals surface area contributed by atoms with E-state index in [0.29, 0.717) is 6.04 Å². The van der Waals surface area contributed by atoms with Crippen LogP contribution in [0.3, 0.4) is 0 Å². The normalized spacial score (nSPS) is 23.1. The van der Waals surface area contributed by atoms with E-state index in [1.54, 1.807) is 11.3 Å². The van der Waals surface area contributed by atoms with Gasteiger partial charge in [0, 0.05) is 37.0 Å². The standard InChI is InChI=1S/C16H23N3OS/c1-16(2)11-12(6-9-20-16)18-14(13-5-4-10-21-13)15-17-7-8-19(15)3/h4-5,7-8,10,12,14,18H,6,9,11H2,1-3H3. The smallest absolute Gasteiger partial charge is 0.131 e. The Kier molecular flexibility index (Phi) is 4.15. The highest BCUT2D eigenvalue weighted by atomic mass is 32.1. The lowest BCUT2D eigenvalue weighted by Gasteiger charge is -2.37. The molecule has 114 valence electrons. The Bertz CT molecular complexity index is 576. The SMILES string of the molecule is Cn1ccnc1C(NC1CCOC(C)(C)C1)c1cccs1. The van der Waals surface area contributed by atoms with Crippen LogP contribution in [0, 0.1) is 0 Å². The Labute approximate surface area is 130 Å². The number of nitrogens with zero attached hydrogens (tertiary/aromatic N) is 2. The third kappa shape index (κ3) is 3.36. The minimum absolute atomic E-state index is 0.0441. The summed E-state index contributed by atoms with van der Waals surface area (Å²) >= 11 is 1.78. The Balaban J connectivity index is 1.82. The molecule has 1 N–H and O–H groups in total. The van der Waals surface area contributed by atoms with Crippen LogP contribution >= 0.6 is 11.3 Å². The van der Waals surface area contributed by atoms with Gasteiger partial charge < -0.3 is 14.6 Å². The molecule has 2 unspecified atom stereocenters. The minimum atomic E-state index is -0.0441. The summed E-state index contributed by atoms with van der Waals surface area (Å²) in [5.74, 6) is 1.07. The zero-order valence-electron chi connectivity index (χ0n) is 12.9. The molecule has 0 aliphatic carbocycles. The zero-order valence-corrected chi connectivity index (χ0v) is 13.7. The second-order valence-corrected chi connectivity index (χ2v) is 7.29. The lowest BCUT2D eigenvalue weighted by atomic mass is 9.93. The molecule has 0 saturated carbocycles. The van der Waals surface area contributed by atoms with Gasteiger partial charge >= 0.3 is 0 Å². The number of aromatic nitrogens is 2. The molecule has 0 bridgehead atoms. The quantitative estimate of drug-likeness (QED) is 0.943. The highest BCUT2D eigenvalue weighted by Crippen LogP contribution is 2.29. The van der Waals surface area contributed by atoms with Crippen LogP contribution in [0.4, 0.5) is 0 Å². The molecule has 0 spiro atoms. The second-order valence-electron chi connectivity index (χ2n) is 6.31. The van der Waals surface area contributed by atoms with Crippen LogP contribution in [0.25, 0.3) is 0 Å². The molecule has 2 atom stereocenters. The topological polar surface area (TPSA) is 39.1 Å². The van der Waals surface area contributed by atoms with Crippen LogP contribution in [0.2, 0.25) is 0 Å². The van der Waals surface area contributed by atoms with Gasteiger partial charge in [0.15, 0.2) is 0 Å². The van der Waals surface area contributed by atoms with Gasteiger partial charge in [0.25, 0.3) is 0 Å². The van der Waals surface area contributed by atoms with Gasteiger partial charge in [-0.15, -0.1) is 11.3 Å². The molecular formula is C16H23N3OS. The van der Waals surface area contributed by atoms with Crippen LogP contribution < -0.4 is 5.32 Å². The van der Waals surface area contributed by atoms with Gasteiger partial charge in [0.05, 0.1) is 5.60 Å². The summed E-state index contributed by atoms with van der Waals surface area (Å²) in [6, 6.07) is 4.90. The number of aryl methyl sites for hydroxylation is 1. The van der Waals surface area contributed by atoms with Crippen LogP contribution in [-0.4, -0.2) is 27.8 Å². The van der Waals surface area contributed by atoms with Crippen molar-refractivity contribution < 1.29 is 4.74 Å². The molecule has 3 heterocycles. The summed E-state index contributed by atoms with van der Waals surface area (Å²) in [7, 11) is 2.05. The van der Waals surface area contributed by atoms with E-state index >= 15 is 0 Å². The van der Waals surface area contributed by atoms with E-state index in [1.807, 2.05) is 12.4 Å². The number of imidazole rings is 1. The third-order valence-electron chi connectivity index (χ3n) is 4.04. The molecule has 3 rings (SSSR count). The Morgan fingerprint density at radius 2 is 2.38 bits per heavy atom. The molecule has 21 heavy (non-hydrogen) atoms. The summed E-state index contributed by atoms with van der Waals surface area (Å²) in [4.78, 5) is 5.86. The highest BCUT2D eigenvalue weighted by molar-refractivity contribution is 7.10. The monoisotopic (exact) mass is 305 g/mol. The van der Waals surface area contributed by atoms with Crippen molar-refractivity contribution in [2.24, 2.45) is 7.05 Å². The molecular weight excluding hydrogens is 282 g/mol. The van der Waals surface area contributed by atoms with Crippen molar-refractivity contribution in [3.63, 3.8) is 0 Å². The largest absolute Gasteiger partial charge is 0.375 e. The predicted octanol–water partition coefficient (Wildman–Crippen LogP) is 3.12. The fourth-order valence-corrected chi connectivity index (χ4v) is 3.79. The number of ether oxygens (including phenoxy) is 1. The Hall–Kier alpha value is -1.17. The number of nitrogens with one attached hydrogen (secondary N) is 1. The molecule has 0 radical (unpaired) electrons. The van der Waals surface area contributed by atoms with Crippen molar-refractivity contribution in [1.82, 2.24) is 14.9 Å². The van der Waals surface area contributed by atoms with Crippen molar-refractivity contribution in [1.29, 1.82) is 0 Å². The van der Waals surface area contributed by atoms with Crippen molar-refractivity contribution in [3.05, 3.63) is 40.6 Å². The number of hydrogen-bond acceptors (Lipinski definition) is 4. The van der Waals surface area contributed by atoms with Gasteiger partial charge in [-0.1, -0.05) is 6.07 Å². The van der Waals surface area contributed by atoms with Crippen molar-refractivity contribution in [2.45, 2.75) is 44.4 Å². The van der Waals surface area contributed by atoms with E-state index in [2.05, 4.69) is 53.3 Å². The van der Waals surface area contributed by atoms with Crippen LogP contribution in [0.15, 0.2) is 29.9 Å². The van der Waals surface area contributed by atoms with E-state index < -0.39 is 0 Å². The average Bonchev–Trinajstić information content (AvgIpc) is 3.06. The Morgan fingerprint density at radius 1 is 1.52 bits per heavy atom. The lowest BCUT2D eigenvalue weighted by Crippen LogP contribution is -2.45. The van der Waals surface area contributed by atoms with E-state index in [-0.39, 0.29) is 11.6 Å². The van der Waals surface area contributed by atoms with E-state index in [1.165, 1.54) is 4.88 Å². The first-order valence-electron chi connectivity index (χ1n) is 7.46. The summed E-state index contributed by atoms with van der Waals surface area (Å²) in [6.45, 7) is 5.16. The first-order chi connectivity index (χ1) is 10.1. The maximum absolute atomic E-state index is 5.82. The van der Waals surface area contributed by atoms with Gasteiger partial charge in [-0.25, -0.2) is 4.98 Å². The van der Waals surface area contributed by atoms with Crippen molar-refractivity contribution >= 4 is 11.3 Å². The maximum Gasteiger partial charge on any atom is 0.131 e. The van der Waals surface area contributed by atoms with E-state index in [0.717, 1.165) is 25.3 Å². The molecule has 1 aliphatic rings. The molecule has 1 fully saturated rings. The summed E-state index contributed by atoms with van der Waals surface area (Å²) in [5.41, 5.74) is -0.0441. The van der Waals surface area contributed by atoms with Crippen molar-refractivity contribution in [3.8, 4) is 0 Å². The van der Waals surface area contributed by atoms with Gasteiger partial charge in [0.2, 0.25) is 0 Å². The number of hydrogen-bond donors (Lipinski definition) is 1. The molecule has 4 nitrogen and oxygen atoms in total. The van der Waals surface area contributed by atoms with Crippen LogP contribution in [0.5, 0.6) is 0 Å². The van der Waals surface area contributed by atoms with Gasteiger partial charge in [-0.2, -0.15) is 0 Å². The lowest BCUT2D eigenvalue weighted by molar-refractivity contribution is -0.0638. The second kappa shape index (κ2) is 5.91. The van der Waals surface area contributed by atoms with E-state index in [4.69, 9.17) is 4.74 Å². The van der Waals surface area contributed by atoms with Crippen molar-refractivity contribution in [2.75, 3.05) is 6.61 Å². The first-order valence-corrected chi connectivity index (χ1v) is 8.34. The fourth-order valence-electron chi connectivity index (χ4n) is 3.00. The van der Waals surface area contributed by atoms with Gasteiger partial charge in [0.1, 0.15) is 11.9 Å². The molecule has 2 aromatic heterocycles. The molecule has 1 aliphatic heterocycles. The van der Waals surface area contributed by atoms with E-state index in [9.17, 15) is 0 Å². The fraction of sp³-hybridized carbons (Fsp3) is 0.562. The maximum atomic E-state index is 5.82. The van der Waals surface area contributed by atoms with Gasteiger partial charge in [-0.05, 0) is 38.1 Å². The highest BCUT2D eigenvalue weighted by Gasteiger charge is 2.31. The average molecular weight is 305 g/mol. The molecule has 1 saturated heterocycles. The van der Waals surface area contributed by atoms with Gasteiger partial charge in [-0.3, -0.25) is 0 Å². The molecule has 0 aromatic carbocycles. The first kappa shape index (κ1) is 14.8. The predicted molar refractivity (Wildman–Crippen MR) is 85.6 cm³/mol. The van der Waals surface area contributed by atoms with Crippen LogP contribution in [0.1, 0.15) is 43.4 Å². The molecule has 0 amide bonds. The Morgan fingerprint density at radius 3 is 3.00 bits per heavy atom. The van der Waals surface area contributed by atoms with Crippen LogP contribution in [-0.2, 0) is 11.8 Å². The third-order valence-corrected chi connectivity index (χ3v) is 4.98. The summed E-state index contributed by atoms with van der Waals surface area (Å²) in [6.07, 6.45) is 5.95. The summed E-state index contributed by atoms with van der Waals surface area (Å²) < 4.78 is 7.92. The number of thiophene rings is 1. The summed E-state index contributed by atoms with van der Waals surface area (Å²) in [5, 5.41) is 5.93. The zero-order chi connectivity index (χ0) is 14.9. The number of rotatable bonds is 4. The molecule has 2 aromatic rings.